The molecule has 0 radical (unpaired) electrons. The lowest BCUT2D eigenvalue weighted by molar-refractivity contribution is 0.760. The molecule has 2 rings (SSSR count). The molecule has 1 heterocycles. The Morgan fingerprint density at radius 2 is 1.88 bits per heavy atom. The van der Waals surface area contributed by atoms with Gasteiger partial charge in [-0.25, -0.2) is 0 Å². The van der Waals surface area contributed by atoms with Gasteiger partial charge >= 0.3 is 0 Å². The highest BCUT2D eigenvalue weighted by atomic mass is 15.3. The van der Waals surface area contributed by atoms with Crippen molar-refractivity contribution in [1.82, 2.24) is 14.8 Å². The molecule has 0 fully saturated rings. The number of benzene rings is 1. The van der Waals surface area contributed by atoms with Crippen LogP contribution in [-0.4, -0.2) is 21.8 Å². The molecule has 0 aliphatic rings. The SMILES string of the molecule is CNc1nnc(-c2ccccc2)c(=N)n1C. The van der Waals surface area contributed by atoms with Gasteiger partial charge in [0.25, 0.3) is 0 Å². The third-order valence-corrected chi connectivity index (χ3v) is 2.39. The van der Waals surface area contributed by atoms with Gasteiger partial charge in [0.1, 0.15) is 5.69 Å². The molecule has 82 valence electrons. The van der Waals surface area contributed by atoms with E-state index >= 15 is 0 Å². The summed E-state index contributed by atoms with van der Waals surface area (Å²) in [6.45, 7) is 0. The topological polar surface area (TPSA) is 66.6 Å². The Morgan fingerprint density at radius 1 is 1.19 bits per heavy atom. The van der Waals surface area contributed by atoms with Crippen LogP contribution in [0, 0.1) is 5.41 Å². The predicted molar refractivity (Wildman–Crippen MR) is 61.8 cm³/mol. The van der Waals surface area contributed by atoms with E-state index in [1.54, 1.807) is 18.7 Å². The number of anilines is 1. The fourth-order valence-corrected chi connectivity index (χ4v) is 1.48. The molecule has 0 bridgehead atoms. The van der Waals surface area contributed by atoms with Gasteiger partial charge in [0.15, 0.2) is 5.49 Å². The molecule has 0 aliphatic heterocycles. The summed E-state index contributed by atoms with van der Waals surface area (Å²) in [5.41, 5.74) is 1.82. The fourth-order valence-electron chi connectivity index (χ4n) is 1.48. The lowest BCUT2D eigenvalue weighted by Crippen LogP contribution is -2.24. The van der Waals surface area contributed by atoms with Crippen LogP contribution in [0.1, 0.15) is 0 Å². The molecule has 0 aliphatic carbocycles. The van der Waals surface area contributed by atoms with E-state index in [4.69, 9.17) is 5.41 Å². The number of nitrogens with zero attached hydrogens (tertiary/aromatic N) is 3. The van der Waals surface area contributed by atoms with Crippen LogP contribution in [0.2, 0.25) is 0 Å². The van der Waals surface area contributed by atoms with E-state index < -0.39 is 0 Å². The molecular weight excluding hydrogens is 202 g/mol. The maximum Gasteiger partial charge on any atom is 0.224 e. The molecule has 0 saturated carbocycles. The van der Waals surface area contributed by atoms with Crippen LogP contribution in [0.25, 0.3) is 11.3 Å². The van der Waals surface area contributed by atoms with E-state index in [0.717, 1.165) is 5.56 Å². The molecule has 1 aromatic carbocycles. The Morgan fingerprint density at radius 3 is 2.50 bits per heavy atom. The lowest BCUT2D eigenvalue weighted by Gasteiger charge is -2.08. The molecule has 16 heavy (non-hydrogen) atoms. The highest BCUT2D eigenvalue weighted by molar-refractivity contribution is 5.57. The summed E-state index contributed by atoms with van der Waals surface area (Å²) >= 11 is 0. The zero-order valence-corrected chi connectivity index (χ0v) is 9.23. The van der Waals surface area contributed by atoms with Crippen LogP contribution in [0.4, 0.5) is 5.95 Å². The first-order valence-corrected chi connectivity index (χ1v) is 4.95. The van der Waals surface area contributed by atoms with Crippen molar-refractivity contribution in [2.24, 2.45) is 7.05 Å². The second-order valence-electron chi connectivity index (χ2n) is 3.40. The minimum atomic E-state index is 0.338. The van der Waals surface area contributed by atoms with Crippen molar-refractivity contribution < 1.29 is 0 Å². The second kappa shape index (κ2) is 4.14. The van der Waals surface area contributed by atoms with Crippen LogP contribution in [0.5, 0.6) is 0 Å². The van der Waals surface area contributed by atoms with Crippen LogP contribution in [0.3, 0.4) is 0 Å². The van der Waals surface area contributed by atoms with Crippen molar-refractivity contribution in [3.05, 3.63) is 35.8 Å². The van der Waals surface area contributed by atoms with Gasteiger partial charge in [-0.3, -0.25) is 9.98 Å². The highest BCUT2D eigenvalue weighted by Crippen LogP contribution is 2.11. The molecule has 0 unspecified atom stereocenters. The molecule has 1 aromatic heterocycles. The summed E-state index contributed by atoms with van der Waals surface area (Å²) in [5.74, 6) is 0.574. The van der Waals surface area contributed by atoms with E-state index in [1.807, 2.05) is 30.3 Å². The quantitative estimate of drug-likeness (QED) is 0.785. The minimum absolute atomic E-state index is 0.338. The molecular formula is C11H13N5. The molecule has 0 amide bonds. The fraction of sp³-hybridized carbons (Fsp3) is 0.182. The summed E-state index contributed by atoms with van der Waals surface area (Å²) in [4.78, 5) is 0. The van der Waals surface area contributed by atoms with E-state index in [-0.39, 0.29) is 0 Å². The summed E-state index contributed by atoms with van der Waals surface area (Å²) in [7, 11) is 3.54. The minimum Gasteiger partial charge on any atom is -0.357 e. The summed E-state index contributed by atoms with van der Waals surface area (Å²) in [6.07, 6.45) is 0. The summed E-state index contributed by atoms with van der Waals surface area (Å²) in [6, 6.07) is 9.61. The predicted octanol–water partition coefficient (Wildman–Crippen LogP) is 1.00. The third-order valence-electron chi connectivity index (χ3n) is 2.39. The Bertz CT molecular complexity index is 544. The Kier molecular flexibility index (Phi) is 2.68. The zero-order chi connectivity index (χ0) is 11.5. The van der Waals surface area contributed by atoms with Gasteiger partial charge in [0.2, 0.25) is 5.95 Å². The smallest absolute Gasteiger partial charge is 0.224 e. The summed E-state index contributed by atoms with van der Waals surface area (Å²) in [5, 5.41) is 19.0. The zero-order valence-electron chi connectivity index (χ0n) is 9.23. The van der Waals surface area contributed by atoms with Gasteiger partial charge < -0.3 is 5.32 Å². The first-order chi connectivity index (χ1) is 7.74. The van der Waals surface area contributed by atoms with Crippen molar-refractivity contribution in [2.45, 2.75) is 0 Å². The largest absolute Gasteiger partial charge is 0.357 e. The molecule has 2 aromatic rings. The standard InChI is InChI=1S/C11H13N5/c1-13-11-15-14-9(10(12)16(11)2)8-6-4-3-5-7-8/h3-7,12H,1-2H3,(H,13,15). The molecule has 0 spiro atoms. The molecule has 5 nitrogen and oxygen atoms in total. The third kappa shape index (κ3) is 1.67. The Hall–Kier alpha value is -2.17. The van der Waals surface area contributed by atoms with Crippen LogP contribution in [0.15, 0.2) is 30.3 Å². The van der Waals surface area contributed by atoms with Crippen LogP contribution in [-0.2, 0) is 7.05 Å². The number of nitrogens with one attached hydrogen (secondary N) is 2. The second-order valence-corrected chi connectivity index (χ2v) is 3.40. The Balaban J connectivity index is 2.61. The molecule has 0 saturated heterocycles. The van der Waals surface area contributed by atoms with Crippen molar-refractivity contribution >= 4 is 5.95 Å². The van der Waals surface area contributed by atoms with Gasteiger partial charge in [0.05, 0.1) is 0 Å². The van der Waals surface area contributed by atoms with Gasteiger partial charge in [-0.05, 0) is 0 Å². The average Bonchev–Trinajstić information content (AvgIpc) is 2.34. The summed E-state index contributed by atoms with van der Waals surface area (Å²) < 4.78 is 1.66. The van der Waals surface area contributed by atoms with E-state index in [1.165, 1.54) is 0 Å². The van der Waals surface area contributed by atoms with E-state index in [2.05, 4.69) is 15.5 Å². The number of hydrogen-bond acceptors (Lipinski definition) is 4. The van der Waals surface area contributed by atoms with Crippen molar-refractivity contribution in [1.29, 1.82) is 5.41 Å². The number of hydrogen-bond donors (Lipinski definition) is 2. The first-order valence-electron chi connectivity index (χ1n) is 4.95. The van der Waals surface area contributed by atoms with Gasteiger partial charge in [0, 0.05) is 19.7 Å². The first kappa shape index (κ1) is 10.4. The average molecular weight is 215 g/mol. The number of rotatable bonds is 2. The van der Waals surface area contributed by atoms with Crippen molar-refractivity contribution in [2.75, 3.05) is 12.4 Å². The lowest BCUT2D eigenvalue weighted by atomic mass is 10.2. The van der Waals surface area contributed by atoms with Crippen molar-refractivity contribution in [3.63, 3.8) is 0 Å². The number of aromatic nitrogens is 3. The molecule has 2 N–H and O–H groups in total. The molecule has 5 heteroatoms. The maximum absolute atomic E-state index is 8.00. The van der Waals surface area contributed by atoms with Gasteiger partial charge in [-0.2, -0.15) is 0 Å². The van der Waals surface area contributed by atoms with E-state index in [9.17, 15) is 0 Å². The van der Waals surface area contributed by atoms with Crippen molar-refractivity contribution in [3.8, 4) is 11.3 Å². The van der Waals surface area contributed by atoms with Crippen LogP contribution < -0.4 is 10.8 Å². The van der Waals surface area contributed by atoms with Crippen LogP contribution >= 0.6 is 0 Å². The van der Waals surface area contributed by atoms with Gasteiger partial charge in [-0.1, -0.05) is 30.3 Å². The maximum atomic E-state index is 8.00. The van der Waals surface area contributed by atoms with E-state index in [0.29, 0.717) is 17.1 Å². The normalized spacial score (nSPS) is 10.1. The monoisotopic (exact) mass is 215 g/mol. The Labute approximate surface area is 93.3 Å². The van der Waals surface area contributed by atoms with Gasteiger partial charge in [-0.15, -0.1) is 10.2 Å². The molecule has 0 atom stereocenters. The highest BCUT2D eigenvalue weighted by Gasteiger charge is 2.06.